The van der Waals surface area contributed by atoms with E-state index in [1.165, 1.54) is 19.1 Å². The van der Waals surface area contributed by atoms with Gasteiger partial charge in [-0.2, -0.15) is 0 Å². The molecule has 1 aromatic rings. The van der Waals surface area contributed by atoms with Gasteiger partial charge in [0, 0.05) is 41.4 Å². The highest BCUT2D eigenvalue weighted by Crippen LogP contribution is 2.30. The number of nitrogens with one attached hydrogen (secondary N) is 2. The van der Waals surface area contributed by atoms with Gasteiger partial charge in [-0.25, -0.2) is 0 Å². The zero-order valence-corrected chi connectivity index (χ0v) is 41.5. The fourth-order valence-corrected chi connectivity index (χ4v) is 8.69. The summed E-state index contributed by atoms with van der Waals surface area (Å²) in [5.41, 5.74) is 6.10. The zero-order chi connectivity index (χ0) is 48.8. The largest absolute Gasteiger partial charge is 0.386 e. The molecule has 1 saturated heterocycles. The Hall–Kier alpha value is -3.71. The number of likely N-dealkylation sites (tertiary alicyclic amines) is 1. The van der Waals surface area contributed by atoms with Crippen molar-refractivity contribution in [3.8, 4) is 0 Å². The Labute approximate surface area is 389 Å². The summed E-state index contributed by atoms with van der Waals surface area (Å²) in [6, 6.07) is 5.86. The van der Waals surface area contributed by atoms with Crippen molar-refractivity contribution in [2.24, 2.45) is 29.4 Å². The lowest BCUT2D eigenvalue weighted by molar-refractivity contribution is -0.148. The summed E-state index contributed by atoms with van der Waals surface area (Å²) in [6.45, 7) is 18.0. The number of aliphatic hydroxyl groups excluding tert-OH is 1. The lowest BCUT2D eigenvalue weighted by atomic mass is 9.89. The molecule has 17 nitrogen and oxygen atoms in total. The van der Waals surface area contributed by atoms with E-state index < -0.39 is 54.3 Å². The number of methoxy groups -OCH3 is 2. The molecule has 17 heteroatoms. The minimum absolute atomic E-state index is 0.0289. The van der Waals surface area contributed by atoms with E-state index in [9.17, 15) is 29.1 Å². The number of carbonyl (C=O) groups excluding carboxylic acids is 5. The summed E-state index contributed by atoms with van der Waals surface area (Å²) in [5.74, 6) is -2.85. The molecule has 0 radical (unpaired) electrons. The number of aliphatic hydroxyl groups is 1. The third kappa shape index (κ3) is 17.5. The summed E-state index contributed by atoms with van der Waals surface area (Å²) in [7, 11) is 6.34. The minimum atomic E-state index is -0.935. The van der Waals surface area contributed by atoms with Crippen molar-refractivity contribution in [1.29, 1.82) is 0 Å². The van der Waals surface area contributed by atoms with Crippen molar-refractivity contribution in [3.05, 3.63) is 35.9 Å². The van der Waals surface area contributed by atoms with Gasteiger partial charge in [-0.15, -0.1) is 0 Å². The second-order valence-electron chi connectivity index (χ2n) is 18.0. The van der Waals surface area contributed by atoms with Crippen LogP contribution in [0, 0.1) is 23.7 Å². The smallest absolute Gasteiger partial charge is 0.245 e. The van der Waals surface area contributed by atoms with Gasteiger partial charge in [0.15, 0.2) is 0 Å². The van der Waals surface area contributed by atoms with Crippen LogP contribution in [-0.4, -0.2) is 173 Å². The van der Waals surface area contributed by atoms with Crippen molar-refractivity contribution in [1.82, 2.24) is 25.3 Å². The maximum Gasteiger partial charge on any atom is 0.245 e. The van der Waals surface area contributed by atoms with Gasteiger partial charge in [-0.1, -0.05) is 85.2 Å². The highest BCUT2D eigenvalue weighted by atomic mass is 16.5. The maximum absolute atomic E-state index is 14.5. The number of benzene rings is 1. The number of hydrogen-bond acceptors (Lipinski definition) is 12. The molecule has 1 aliphatic rings. The second kappa shape index (κ2) is 29.8. The SMILES string of the molecule is CC[C@H](C)[C@@H]([C@@H](CC(=O)N1CCC[C@H]1[C@H](OC)[C@@H](C)C(=O)N[C@H](C)[C@@H](O)c1ccccc1)OC)N(C)C(=O)[C@@H](NC(=O)C(C(C)C)N(C)C(=O)CCOCCOCCOCCN)C(C)C. The maximum atomic E-state index is 14.5. The van der Waals surface area contributed by atoms with E-state index in [4.69, 9.17) is 29.4 Å². The van der Waals surface area contributed by atoms with E-state index in [2.05, 4.69) is 10.6 Å². The first-order valence-corrected chi connectivity index (χ1v) is 23.5. The quantitative estimate of drug-likeness (QED) is 0.0792. The predicted molar refractivity (Wildman–Crippen MR) is 249 cm³/mol. The van der Waals surface area contributed by atoms with Crippen molar-refractivity contribution in [2.75, 3.05) is 81.0 Å². The Kier molecular flexibility index (Phi) is 26.4. The van der Waals surface area contributed by atoms with Gasteiger partial charge >= 0.3 is 0 Å². The lowest BCUT2D eigenvalue weighted by Gasteiger charge is -2.41. The Morgan fingerprint density at radius 1 is 0.815 bits per heavy atom. The van der Waals surface area contributed by atoms with Crippen LogP contribution in [0.3, 0.4) is 0 Å². The van der Waals surface area contributed by atoms with Gasteiger partial charge in [-0.05, 0) is 43.1 Å². The number of likely N-dealkylation sites (N-methyl/N-ethyl adjacent to an activating group) is 2. The van der Waals surface area contributed by atoms with Gasteiger partial charge in [0.2, 0.25) is 29.5 Å². The van der Waals surface area contributed by atoms with Gasteiger partial charge < -0.3 is 59.9 Å². The number of carbonyl (C=O) groups is 5. The molecule has 10 atom stereocenters. The fourth-order valence-electron chi connectivity index (χ4n) is 8.69. The van der Waals surface area contributed by atoms with Crippen LogP contribution in [0.1, 0.15) is 99.2 Å². The predicted octanol–water partition coefficient (Wildman–Crippen LogP) is 3.17. The van der Waals surface area contributed by atoms with E-state index >= 15 is 0 Å². The first-order chi connectivity index (χ1) is 30.9. The third-order valence-electron chi connectivity index (χ3n) is 12.7. The molecule has 0 bridgehead atoms. The Bertz CT molecular complexity index is 1570. The zero-order valence-electron chi connectivity index (χ0n) is 41.5. The molecular formula is C48H84N6O11. The number of amides is 5. The standard InChI is InChI=1S/C48H84N6O11/c1-13-33(6)43(38(61-11)30-40(56)54-23-17-20-37(54)45(62-12)34(7)46(58)50-35(8)44(57)36-18-15-14-16-19-36)53(10)48(60)41(31(2)3)51-47(59)42(32(4)5)52(9)39(55)21-24-63-26-28-65-29-27-64-25-22-49/h14-16,18-19,31-35,37-38,41-45,57H,13,17,20-30,49H2,1-12H3,(H,50,58)(H,51,59)/t33-,34+,35+,37-,38+,41-,42?,43-,44+,45+/m0/s1. The van der Waals surface area contributed by atoms with Crippen LogP contribution in [-0.2, 0) is 47.7 Å². The average Bonchev–Trinajstić information content (AvgIpc) is 3.77. The molecule has 0 aliphatic carbocycles. The Morgan fingerprint density at radius 2 is 1.42 bits per heavy atom. The second-order valence-corrected chi connectivity index (χ2v) is 18.0. The van der Waals surface area contributed by atoms with Crippen molar-refractivity contribution < 1.29 is 52.8 Å². The molecule has 1 fully saturated rings. The number of nitrogens with two attached hydrogens (primary N) is 1. The normalized spacial score (nSPS) is 18.3. The molecule has 1 heterocycles. The van der Waals surface area contributed by atoms with Crippen LogP contribution < -0.4 is 16.4 Å². The molecule has 65 heavy (non-hydrogen) atoms. The van der Waals surface area contributed by atoms with Crippen molar-refractivity contribution in [2.45, 2.75) is 136 Å². The highest BCUT2D eigenvalue weighted by molar-refractivity contribution is 5.92. The van der Waals surface area contributed by atoms with E-state index in [0.717, 1.165) is 6.42 Å². The van der Waals surface area contributed by atoms with Gasteiger partial charge in [0.1, 0.15) is 12.1 Å². The van der Waals surface area contributed by atoms with Crippen LogP contribution >= 0.6 is 0 Å². The molecule has 5 amide bonds. The van der Waals surface area contributed by atoms with E-state index in [0.29, 0.717) is 64.5 Å². The van der Waals surface area contributed by atoms with Crippen molar-refractivity contribution in [3.63, 3.8) is 0 Å². The molecule has 0 saturated carbocycles. The van der Waals surface area contributed by atoms with Crippen LogP contribution in [0.15, 0.2) is 30.3 Å². The van der Waals surface area contributed by atoms with Crippen LogP contribution in [0.2, 0.25) is 0 Å². The topological polar surface area (TPSA) is 212 Å². The Balaban J connectivity index is 2.16. The Morgan fingerprint density at radius 3 is 1.95 bits per heavy atom. The summed E-state index contributed by atoms with van der Waals surface area (Å²) in [5, 5.41) is 16.8. The summed E-state index contributed by atoms with van der Waals surface area (Å²) < 4.78 is 28.3. The number of nitrogens with zero attached hydrogens (tertiary/aromatic N) is 3. The molecule has 0 aromatic heterocycles. The molecule has 372 valence electrons. The molecule has 1 aliphatic heterocycles. The van der Waals surface area contributed by atoms with E-state index in [1.807, 2.05) is 59.7 Å². The molecule has 5 N–H and O–H groups in total. The van der Waals surface area contributed by atoms with Crippen molar-refractivity contribution >= 4 is 29.5 Å². The first-order valence-electron chi connectivity index (χ1n) is 23.5. The van der Waals surface area contributed by atoms with Crippen LogP contribution in [0.5, 0.6) is 0 Å². The fraction of sp³-hybridized carbons (Fsp3) is 0.771. The molecular weight excluding hydrogens is 837 g/mol. The minimum Gasteiger partial charge on any atom is -0.386 e. The monoisotopic (exact) mass is 921 g/mol. The van der Waals surface area contributed by atoms with E-state index in [1.54, 1.807) is 49.9 Å². The highest BCUT2D eigenvalue weighted by Gasteiger charge is 2.43. The number of ether oxygens (including phenoxy) is 5. The molecule has 2 rings (SSSR count). The summed E-state index contributed by atoms with van der Waals surface area (Å²) >= 11 is 0. The third-order valence-corrected chi connectivity index (χ3v) is 12.7. The average molecular weight is 921 g/mol. The van der Waals surface area contributed by atoms with E-state index in [-0.39, 0.29) is 66.9 Å². The number of rotatable bonds is 31. The summed E-state index contributed by atoms with van der Waals surface area (Å²) in [6.07, 6.45) is -0.140. The first kappa shape index (κ1) is 57.4. The molecule has 1 aromatic carbocycles. The number of hydrogen-bond donors (Lipinski definition) is 4. The lowest BCUT2D eigenvalue weighted by Crippen LogP contribution is -2.60. The molecule has 1 unspecified atom stereocenters. The van der Waals surface area contributed by atoms with Gasteiger partial charge in [0.25, 0.3) is 0 Å². The van der Waals surface area contributed by atoms with Crippen LogP contribution in [0.4, 0.5) is 0 Å². The molecule has 0 spiro atoms. The summed E-state index contributed by atoms with van der Waals surface area (Å²) in [4.78, 5) is 74.5. The van der Waals surface area contributed by atoms with Crippen LogP contribution in [0.25, 0.3) is 0 Å². The van der Waals surface area contributed by atoms with Gasteiger partial charge in [-0.3, -0.25) is 24.0 Å². The van der Waals surface area contributed by atoms with Gasteiger partial charge in [0.05, 0.1) is 94.8 Å².